The van der Waals surface area contributed by atoms with Gasteiger partial charge in [0.25, 0.3) is 11.8 Å². The molecule has 0 bridgehead atoms. The van der Waals surface area contributed by atoms with Gasteiger partial charge >= 0.3 is 0 Å². The summed E-state index contributed by atoms with van der Waals surface area (Å²) < 4.78 is 0. The van der Waals surface area contributed by atoms with Gasteiger partial charge in [-0.1, -0.05) is 18.8 Å². The first-order chi connectivity index (χ1) is 13.1. The second-order valence-electron chi connectivity index (χ2n) is 7.87. The SMILES string of the molecule is CC(C)(N)[C@H](NC(=O)c1ccc(C#CC#C[C@@H]2C[C@@]2(C)CO)cc1)C(=O)NO. The van der Waals surface area contributed by atoms with E-state index in [1.165, 1.54) is 5.48 Å². The van der Waals surface area contributed by atoms with Gasteiger partial charge in [-0.3, -0.25) is 14.8 Å². The number of hydroxylamine groups is 1. The molecule has 1 fully saturated rings. The Kier molecular flexibility index (Phi) is 6.48. The number of aliphatic hydroxyl groups excluding tert-OH is 1. The molecule has 0 aliphatic heterocycles. The van der Waals surface area contributed by atoms with Crippen LogP contribution in [0.4, 0.5) is 0 Å². The smallest absolute Gasteiger partial charge is 0.267 e. The van der Waals surface area contributed by atoms with Gasteiger partial charge in [-0.25, -0.2) is 5.48 Å². The average molecular weight is 383 g/mol. The lowest BCUT2D eigenvalue weighted by atomic mass is 9.95. The molecule has 0 heterocycles. The van der Waals surface area contributed by atoms with Gasteiger partial charge in [0.1, 0.15) is 6.04 Å². The van der Waals surface area contributed by atoms with Crippen LogP contribution in [-0.2, 0) is 4.79 Å². The van der Waals surface area contributed by atoms with Gasteiger partial charge in [-0.15, -0.1) is 0 Å². The maximum Gasteiger partial charge on any atom is 0.267 e. The number of hydrogen-bond donors (Lipinski definition) is 5. The molecule has 1 saturated carbocycles. The second-order valence-corrected chi connectivity index (χ2v) is 7.87. The third kappa shape index (κ3) is 5.34. The Morgan fingerprint density at radius 3 is 2.46 bits per heavy atom. The standard InChI is InChI=1S/C21H25N3O4/c1-20(2,22)17(19(27)24-28)23-18(26)15-10-8-14(9-11-15)6-4-5-7-16-12-21(16,3)13-25/h8-11,16-17,25,28H,12-13,22H2,1-3H3,(H,23,26)(H,24,27)/t16-,17-,21+/m1/s1. The van der Waals surface area contributed by atoms with Crippen LogP contribution in [0.5, 0.6) is 0 Å². The number of benzene rings is 1. The van der Waals surface area contributed by atoms with E-state index in [0.29, 0.717) is 11.1 Å². The molecular formula is C21H25N3O4. The summed E-state index contributed by atoms with van der Waals surface area (Å²) in [7, 11) is 0. The van der Waals surface area contributed by atoms with Crippen molar-refractivity contribution >= 4 is 11.8 Å². The van der Waals surface area contributed by atoms with Crippen molar-refractivity contribution in [3.8, 4) is 23.7 Å². The second kappa shape index (κ2) is 8.45. The molecular weight excluding hydrogens is 358 g/mol. The fraction of sp³-hybridized carbons (Fsp3) is 0.429. The Bertz CT molecular complexity index is 865. The van der Waals surface area contributed by atoms with Gasteiger partial charge in [-0.2, -0.15) is 0 Å². The molecule has 2 rings (SSSR count). The van der Waals surface area contributed by atoms with E-state index in [0.717, 1.165) is 6.42 Å². The van der Waals surface area contributed by atoms with Gasteiger partial charge in [0.15, 0.2) is 0 Å². The van der Waals surface area contributed by atoms with Gasteiger partial charge in [-0.05, 0) is 56.4 Å². The number of nitrogens with one attached hydrogen (secondary N) is 2. The zero-order chi connectivity index (χ0) is 20.9. The number of aliphatic hydroxyl groups is 1. The van der Waals surface area contributed by atoms with Gasteiger partial charge in [0, 0.05) is 34.6 Å². The zero-order valence-corrected chi connectivity index (χ0v) is 16.2. The quantitative estimate of drug-likeness (QED) is 0.286. The average Bonchev–Trinajstić information content (AvgIpc) is 3.32. The summed E-state index contributed by atoms with van der Waals surface area (Å²) in [6.07, 6.45) is 0.886. The van der Waals surface area contributed by atoms with Crippen LogP contribution in [0.25, 0.3) is 0 Å². The van der Waals surface area contributed by atoms with E-state index in [9.17, 15) is 14.7 Å². The fourth-order valence-electron chi connectivity index (χ4n) is 2.61. The molecule has 1 aliphatic carbocycles. The first kappa shape index (κ1) is 21.5. The minimum absolute atomic E-state index is 0.0907. The molecule has 6 N–H and O–H groups in total. The van der Waals surface area contributed by atoms with Crippen molar-refractivity contribution in [3.63, 3.8) is 0 Å². The van der Waals surface area contributed by atoms with Crippen LogP contribution in [0, 0.1) is 35.0 Å². The third-order valence-electron chi connectivity index (χ3n) is 4.77. The molecule has 7 nitrogen and oxygen atoms in total. The summed E-state index contributed by atoms with van der Waals surface area (Å²) in [5, 5.41) is 20.5. The number of hydrogen-bond acceptors (Lipinski definition) is 5. The first-order valence-electron chi connectivity index (χ1n) is 8.87. The minimum Gasteiger partial charge on any atom is -0.396 e. The predicted molar refractivity (Wildman–Crippen MR) is 104 cm³/mol. The molecule has 148 valence electrons. The summed E-state index contributed by atoms with van der Waals surface area (Å²) in [6.45, 7) is 5.25. The van der Waals surface area contributed by atoms with Crippen molar-refractivity contribution in [2.45, 2.75) is 38.8 Å². The molecule has 2 amide bonds. The van der Waals surface area contributed by atoms with Crippen LogP contribution in [0.15, 0.2) is 24.3 Å². The zero-order valence-electron chi connectivity index (χ0n) is 16.2. The summed E-state index contributed by atoms with van der Waals surface area (Å²) in [5.74, 6) is 10.4. The summed E-state index contributed by atoms with van der Waals surface area (Å²) in [5.41, 5.74) is 7.26. The van der Waals surface area contributed by atoms with E-state index in [2.05, 4.69) is 29.0 Å². The molecule has 7 heteroatoms. The minimum atomic E-state index is -1.10. The number of carbonyl (C=O) groups is 2. The predicted octanol–water partition coefficient (Wildman–Crippen LogP) is 0.401. The Morgan fingerprint density at radius 1 is 1.32 bits per heavy atom. The van der Waals surface area contributed by atoms with Crippen LogP contribution < -0.4 is 16.5 Å². The van der Waals surface area contributed by atoms with Crippen molar-refractivity contribution < 1.29 is 19.9 Å². The molecule has 0 radical (unpaired) electrons. The lowest BCUT2D eigenvalue weighted by Gasteiger charge is -2.29. The van der Waals surface area contributed by atoms with E-state index in [1.807, 2.05) is 6.92 Å². The Labute approximate surface area is 164 Å². The van der Waals surface area contributed by atoms with Gasteiger partial charge < -0.3 is 16.2 Å². The topological polar surface area (TPSA) is 125 Å². The molecule has 0 spiro atoms. The summed E-state index contributed by atoms with van der Waals surface area (Å²) in [4.78, 5) is 24.1. The lowest BCUT2D eigenvalue weighted by molar-refractivity contribution is -0.132. The van der Waals surface area contributed by atoms with Crippen molar-refractivity contribution in [1.29, 1.82) is 0 Å². The Morgan fingerprint density at radius 2 is 1.96 bits per heavy atom. The maximum atomic E-state index is 12.4. The summed E-state index contributed by atoms with van der Waals surface area (Å²) in [6, 6.07) is 5.40. The molecule has 3 atom stereocenters. The van der Waals surface area contributed by atoms with Crippen LogP contribution >= 0.6 is 0 Å². The maximum absolute atomic E-state index is 12.4. The molecule has 1 aliphatic rings. The van der Waals surface area contributed by atoms with E-state index in [-0.39, 0.29) is 17.9 Å². The normalized spacial score (nSPS) is 21.3. The van der Waals surface area contributed by atoms with Crippen LogP contribution in [0.3, 0.4) is 0 Å². The fourth-order valence-corrected chi connectivity index (χ4v) is 2.61. The first-order valence-corrected chi connectivity index (χ1v) is 8.87. The van der Waals surface area contributed by atoms with Crippen LogP contribution in [-0.4, -0.2) is 40.3 Å². The monoisotopic (exact) mass is 383 g/mol. The highest BCUT2D eigenvalue weighted by Gasteiger charge is 2.48. The Hall–Kier alpha value is -2.84. The lowest BCUT2D eigenvalue weighted by Crippen LogP contribution is -2.61. The highest BCUT2D eigenvalue weighted by Crippen LogP contribution is 2.51. The summed E-state index contributed by atoms with van der Waals surface area (Å²) >= 11 is 0. The molecule has 1 aromatic rings. The van der Waals surface area contributed by atoms with E-state index >= 15 is 0 Å². The molecule has 0 aromatic heterocycles. The van der Waals surface area contributed by atoms with Crippen molar-refractivity contribution in [2.75, 3.05) is 6.61 Å². The van der Waals surface area contributed by atoms with Crippen LogP contribution in [0.1, 0.15) is 43.1 Å². The number of amides is 2. The number of rotatable bonds is 5. The van der Waals surface area contributed by atoms with Crippen molar-refractivity contribution in [3.05, 3.63) is 35.4 Å². The third-order valence-corrected chi connectivity index (χ3v) is 4.77. The highest BCUT2D eigenvalue weighted by atomic mass is 16.5. The molecule has 1 aromatic carbocycles. The van der Waals surface area contributed by atoms with E-state index < -0.39 is 23.4 Å². The van der Waals surface area contributed by atoms with E-state index in [4.69, 9.17) is 10.9 Å². The van der Waals surface area contributed by atoms with Crippen molar-refractivity contribution in [2.24, 2.45) is 17.1 Å². The number of carbonyl (C=O) groups excluding carboxylic acids is 2. The Balaban J connectivity index is 2.01. The highest BCUT2D eigenvalue weighted by molar-refractivity contribution is 5.97. The van der Waals surface area contributed by atoms with Crippen molar-refractivity contribution in [1.82, 2.24) is 10.8 Å². The van der Waals surface area contributed by atoms with Crippen LogP contribution in [0.2, 0.25) is 0 Å². The molecule has 28 heavy (non-hydrogen) atoms. The molecule has 0 unspecified atom stereocenters. The molecule has 0 saturated heterocycles. The van der Waals surface area contributed by atoms with E-state index in [1.54, 1.807) is 38.1 Å². The largest absolute Gasteiger partial charge is 0.396 e. The van der Waals surface area contributed by atoms with Gasteiger partial charge in [0.2, 0.25) is 0 Å². The number of nitrogens with two attached hydrogens (primary N) is 1. The van der Waals surface area contributed by atoms with Gasteiger partial charge in [0.05, 0.1) is 0 Å².